The van der Waals surface area contributed by atoms with Crippen molar-refractivity contribution in [2.45, 2.75) is 39.2 Å². The van der Waals surface area contributed by atoms with Crippen LogP contribution >= 0.6 is 12.4 Å². The second-order valence-electron chi connectivity index (χ2n) is 6.86. The number of aryl methyl sites for hydroxylation is 1. The van der Waals surface area contributed by atoms with E-state index in [1.54, 1.807) is 0 Å². The molecule has 23 heavy (non-hydrogen) atoms. The van der Waals surface area contributed by atoms with E-state index >= 15 is 0 Å². The minimum Gasteiger partial charge on any atom is -0.489 e. The first-order valence-electron chi connectivity index (χ1n) is 8.31. The van der Waals surface area contributed by atoms with E-state index in [-0.39, 0.29) is 30.3 Å². The van der Waals surface area contributed by atoms with Crippen LogP contribution in [0.2, 0.25) is 0 Å². The van der Waals surface area contributed by atoms with Crippen LogP contribution in [0.3, 0.4) is 0 Å². The number of halogens is 1. The molecule has 128 valence electrons. The smallest absolute Gasteiger partial charge is 0.223 e. The predicted octanol–water partition coefficient (Wildman–Crippen LogP) is 2.69. The summed E-state index contributed by atoms with van der Waals surface area (Å²) in [4.78, 5) is 12.3. The second-order valence-corrected chi connectivity index (χ2v) is 6.86. The van der Waals surface area contributed by atoms with Crippen LogP contribution < -0.4 is 15.4 Å². The van der Waals surface area contributed by atoms with Gasteiger partial charge < -0.3 is 15.4 Å². The molecule has 3 rings (SSSR count). The van der Waals surface area contributed by atoms with Crippen LogP contribution in [0, 0.1) is 18.3 Å². The highest BCUT2D eigenvalue weighted by Crippen LogP contribution is 2.58. The van der Waals surface area contributed by atoms with Gasteiger partial charge in [-0.2, -0.15) is 0 Å². The molecule has 2 N–H and O–H groups in total. The predicted molar refractivity (Wildman–Crippen MR) is 94.2 cm³/mol. The van der Waals surface area contributed by atoms with Crippen molar-refractivity contribution < 1.29 is 9.53 Å². The highest BCUT2D eigenvalue weighted by Gasteiger charge is 2.57. The summed E-state index contributed by atoms with van der Waals surface area (Å²) >= 11 is 0. The van der Waals surface area contributed by atoms with E-state index in [4.69, 9.17) is 4.74 Å². The third-order valence-corrected chi connectivity index (χ3v) is 5.03. The molecule has 0 aromatic heterocycles. The maximum Gasteiger partial charge on any atom is 0.223 e. The number of carbonyl (C=O) groups is 1. The van der Waals surface area contributed by atoms with Crippen LogP contribution in [0.25, 0.3) is 0 Å². The van der Waals surface area contributed by atoms with Crippen molar-refractivity contribution in [1.82, 2.24) is 10.6 Å². The summed E-state index contributed by atoms with van der Waals surface area (Å²) in [6, 6.07) is 8.01. The van der Waals surface area contributed by atoms with E-state index in [1.807, 2.05) is 31.2 Å². The summed E-state index contributed by atoms with van der Waals surface area (Å²) < 4.78 is 5.83. The number of hydrogen-bond donors (Lipinski definition) is 2. The summed E-state index contributed by atoms with van der Waals surface area (Å²) in [6.07, 6.45) is 3.32. The van der Waals surface area contributed by atoms with Crippen LogP contribution in [0.15, 0.2) is 24.3 Å². The van der Waals surface area contributed by atoms with Crippen LogP contribution in [-0.4, -0.2) is 31.6 Å². The molecule has 1 saturated heterocycles. The Balaban J connectivity index is 0.00000192. The van der Waals surface area contributed by atoms with E-state index < -0.39 is 0 Å². The van der Waals surface area contributed by atoms with Crippen molar-refractivity contribution in [3.63, 3.8) is 0 Å². The van der Waals surface area contributed by atoms with E-state index in [9.17, 15) is 4.79 Å². The molecule has 1 aliphatic carbocycles. The maximum absolute atomic E-state index is 12.3. The lowest BCUT2D eigenvalue weighted by atomic mass is 9.92. The molecule has 5 heteroatoms. The van der Waals surface area contributed by atoms with Gasteiger partial charge in [-0.15, -0.1) is 12.4 Å². The summed E-state index contributed by atoms with van der Waals surface area (Å²) in [5.74, 6) is 1.29. The highest BCUT2D eigenvalue weighted by molar-refractivity contribution is 5.85. The Morgan fingerprint density at radius 2 is 2.00 bits per heavy atom. The average molecular weight is 339 g/mol. The second kappa shape index (κ2) is 7.54. The number of carbonyl (C=O) groups excluding carboxylic acids is 1. The van der Waals surface area contributed by atoms with Gasteiger partial charge >= 0.3 is 0 Å². The minimum absolute atomic E-state index is 0. The first-order valence-corrected chi connectivity index (χ1v) is 8.31. The van der Waals surface area contributed by atoms with Gasteiger partial charge in [-0.05, 0) is 63.7 Å². The van der Waals surface area contributed by atoms with Crippen molar-refractivity contribution >= 4 is 18.3 Å². The van der Waals surface area contributed by atoms with Crippen LogP contribution in [0.1, 0.15) is 31.7 Å². The molecule has 1 heterocycles. The Hall–Kier alpha value is -1.26. The summed E-state index contributed by atoms with van der Waals surface area (Å²) in [6.45, 7) is 6.72. The zero-order valence-electron chi connectivity index (χ0n) is 13.9. The molecule has 0 bridgehead atoms. The van der Waals surface area contributed by atoms with Crippen LogP contribution in [0.4, 0.5) is 0 Å². The van der Waals surface area contributed by atoms with Crippen LogP contribution in [-0.2, 0) is 4.79 Å². The molecule has 4 nitrogen and oxygen atoms in total. The minimum atomic E-state index is -0.0191. The van der Waals surface area contributed by atoms with Gasteiger partial charge in [0.15, 0.2) is 0 Å². The van der Waals surface area contributed by atoms with Crippen molar-refractivity contribution in [2.24, 2.45) is 11.3 Å². The fourth-order valence-corrected chi connectivity index (χ4v) is 3.45. The topological polar surface area (TPSA) is 50.4 Å². The fraction of sp³-hybridized carbons (Fsp3) is 0.611. The fourth-order valence-electron chi connectivity index (χ4n) is 3.45. The molecule has 2 fully saturated rings. The number of amides is 1. The van der Waals surface area contributed by atoms with Gasteiger partial charge in [0.25, 0.3) is 0 Å². The lowest BCUT2D eigenvalue weighted by molar-refractivity contribution is -0.123. The molecule has 1 spiro atoms. The van der Waals surface area contributed by atoms with Crippen molar-refractivity contribution in [2.75, 3.05) is 19.6 Å². The van der Waals surface area contributed by atoms with Crippen molar-refractivity contribution in [1.29, 1.82) is 0 Å². The van der Waals surface area contributed by atoms with Crippen LogP contribution in [0.5, 0.6) is 5.75 Å². The number of benzene rings is 1. The molecule has 2 atom stereocenters. The first kappa shape index (κ1) is 18.1. The number of nitrogens with one attached hydrogen (secondary N) is 2. The molecular weight excluding hydrogens is 312 g/mol. The van der Waals surface area contributed by atoms with E-state index in [1.165, 1.54) is 5.56 Å². The van der Waals surface area contributed by atoms with Crippen molar-refractivity contribution in [3.8, 4) is 5.75 Å². The number of piperidine rings is 1. The van der Waals surface area contributed by atoms with Gasteiger partial charge in [-0.25, -0.2) is 0 Å². The van der Waals surface area contributed by atoms with Crippen molar-refractivity contribution in [3.05, 3.63) is 29.8 Å². The number of hydrogen-bond acceptors (Lipinski definition) is 3. The third kappa shape index (κ3) is 4.39. The zero-order valence-corrected chi connectivity index (χ0v) is 14.7. The Morgan fingerprint density at radius 3 is 2.65 bits per heavy atom. The molecule has 0 radical (unpaired) electrons. The average Bonchev–Trinajstić information content (AvgIpc) is 3.21. The van der Waals surface area contributed by atoms with Gasteiger partial charge in [0.05, 0.1) is 6.54 Å². The molecule has 1 aromatic carbocycles. The molecule has 2 aliphatic rings. The maximum atomic E-state index is 12.3. The third-order valence-electron chi connectivity index (χ3n) is 5.03. The summed E-state index contributed by atoms with van der Waals surface area (Å²) in [5.41, 5.74) is 1.52. The SMILES string of the molecule is Cc1ccc(OC(C)CNC(=O)C2CC23CCNCC3)cc1.Cl. The Labute approximate surface area is 144 Å². The monoisotopic (exact) mass is 338 g/mol. The van der Waals surface area contributed by atoms with Gasteiger partial charge in [0, 0.05) is 5.92 Å². The summed E-state index contributed by atoms with van der Waals surface area (Å²) in [5, 5.41) is 6.43. The molecule has 1 aliphatic heterocycles. The van der Waals surface area contributed by atoms with E-state index in [0.29, 0.717) is 12.0 Å². The van der Waals surface area contributed by atoms with E-state index in [2.05, 4.69) is 17.6 Å². The zero-order chi connectivity index (χ0) is 15.6. The number of ether oxygens (including phenoxy) is 1. The molecule has 1 aromatic rings. The molecule has 2 unspecified atom stereocenters. The lowest BCUT2D eigenvalue weighted by Gasteiger charge is -2.23. The molecular formula is C18H27ClN2O2. The standard InChI is InChI=1S/C18H26N2O2.ClH/c1-13-3-5-15(6-4-13)22-14(2)12-20-17(21)16-11-18(16)7-9-19-10-8-18;/h3-6,14,16,19H,7-12H2,1-2H3,(H,20,21);1H. The Bertz CT molecular complexity index is 526. The Kier molecular flexibility index (Phi) is 5.93. The largest absolute Gasteiger partial charge is 0.489 e. The van der Waals surface area contributed by atoms with Gasteiger partial charge in [0.2, 0.25) is 5.91 Å². The first-order chi connectivity index (χ1) is 10.6. The Morgan fingerprint density at radius 1 is 1.35 bits per heavy atom. The molecule has 1 amide bonds. The lowest BCUT2D eigenvalue weighted by Crippen LogP contribution is -2.37. The van der Waals surface area contributed by atoms with E-state index in [0.717, 1.165) is 38.1 Å². The van der Waals surface area contributed by atoms with Gasteiger partial charge in [0.1, 0.15) is 11.9 Å². The normalized spacial score (nSPS) is 22.8. The quantitative estimate of drug-likeness (QED) is 0.868. The number of rotatable bonds is 5. The summed E-state index contributed by atoms with van der Waals surface area (Å²) in [7, 11) is 0. The molecule has 1 saturated carbocycles. The van der Waals surface area contributed by atoms with Gasteiger partial charge in [-0.1, -0.05) is 17.7 Å². The van der Waals surface area contributed by atoms with Gasteiger partial charge in [-0.3, -0.25) is 4.79 Å². The highest BCUT2D eigenvalue weighted by atomic mass is 35.5.